The summed E-state index contributed by atoms with van der Waals surface area (Å²) in [5.41, 5.74) is 9.08. The minimum absolute atomic E-state index is 0.530. The molecular weight excluding hydrogens is 265 g/mol. The fraction of sp³-hybridized carbons (Fsp3) is 0.267. The zero-order chi connectivity index (χ0) is 14.1. The summed E-state index contributed by atoms with van der Waals surface area (Å²) in [6.45, 7) is 7.87. The van der Waals surface area contributed by atoms with E-state index >= 15 is 0 Å². The van der Waals surface area contributed by atoms with Gasteiger partial charge in [0.05, 0.1) is 0 Å². The van der Waals surface area contributed by atoms with E-state index in [-0.39, 0.29) is 0 Å². The van der Waals surface area contributed by atoms with Crippen LogP contribution >= 0.6 is 11.3 Å². The molecule has 0 aliphatic carbocycles. The van der Waals surface area contributed by atoms with Crippen LogP contribution in [0, 0.1) is 0 Å². The van der Waals surface area contributed by atoms with Gasteiger partial charge in [-0.3, -0.25) is 0 Å². The Morgan fingerprint density at radius 2 is 2.20 bits per heavy atom. The molecule has 0 radical (unpaired) electrons. The van der Waals surface area contributed by atoms with E-state index in [4.69, 9.17) is 5.73 Å². The average molecular weight is 281 g/mol. The molecule has 20 heavy (non-hydrogen) atoms. The third kappa shape index (κ3) is 2.22. The third-order valence-corrected chi connectivity index (χ3v) is 4.45. The number of benzene rings is 1. The van der Waals surface area contributed by atoms with Crippen LogP contribution < -0.4 is 5.73 Å². The van der Waals surface area contributed by atoms with Gasteiger partial charge in [-0.25, -0.2) is 0 Å². The first kappa shape index (κ1) is 13.2. The van der Waals surface area contributed by atoms with Gasteiger partial charge in [0.15, 0.2) is 0 Å². The summed E-state index contributed by atoms with van der Waals surface area (Å²) < 4.78 is 1.15. The molecule has 0 atom stereocenters. The van der Waals surface area contributed by atoms with Crippen LogP contribution in [0.5, 0.6) is 0 Å². The molecule has 0 spiro atoms. The Balaban J connectivity index is 2.29. The molecular formula is C15H16BN3S. The number of aryl methyl sites for hydroxylation is 1. The van der Waals surface area contributed by atoms with Crippen molar-refractivity contribution < 1.29 is 0 Å². The number of pyridine rings is 1. The van der Waals surface area contributed by atoms with Crippen LogP contribution in [0.15, 0.2) is 18.2 Å². The van der Waals surface area contributed by atoms with Crippen LogP contribution in [0.25, 0.3) is 21.1 Å². The number of aromatic nitrogens is 2. The predicted octanol–water partition coefficient (Wildman–Crippen LogP) is 3.02. The Morgan fingerprint density at radius 3 is 2.95 bits per heavy atom. The van der Waals surface area contributed by atoms with Gasteiger partial charge in [-0.15, -0.1) is 0 Å². The van der Waals surface area contributed by atoms with E-state index in [1.54, 1.807) is 11.3 Å². The molecule has 0 unspecified atom stereocenters. The van der Waals surface area contributed by atoms with Crippen molar-refractivity contribution in [1.29, 1.82) is 0 Å². The Labute approximate surface area is 122 Å². The van der Waals surface area contributed by atoms with Crippen molar-refractivity contribution in [2.45, 2.75) is 26.1 Å². The maximum atomic E-state index is 6.05. The normalized spacial score (nSPS) is 11.1. The van der Waals surface area contributed by atoms with Gasteiger partial charge in [0.1, 0.15) is 0 Å². The summed E-state index contributed by atoms with van der Waals surface area (Å²) in [5.74, 6) is 0.530. The van der Waals surface area contributed by atoms with Gasteiger partial charge in [-0.05, 0) is 0 Å². The van der Waals surface area contributed by atoms with Crippen molar-refractivity contribution in [2.75, 3.05) is 5.73 Å². The summed E-state index contributed by atoms with van der Waals surface area (Å²) in [5, 5.41) is 2.28. The second-order valence-electron chi connectivity index (χ2n) is 4.88. The minimum atomic E-state index is 0.530. The summed E-state index contributed by atoms with van der Waals surface area (Å²) >= 11 is 1.74. The molecule has 0 saturated carbocycles. The number of nitrogen functional groups attached to an aromatic ring is 1. The quantitative estimate of drug-likeness (QED) is 0.748. The molecule has 0 fully saturated rings. The van der Waals surface area contributed by atoms with Crippen molar-refractivity contribution in [3.05, 3.63) is 28.8 Å². The SMILES string of the molecule is C=BCc1ccc2nc(N)c3nc(CCC)sc3c2c1. The first-order valence-electron chi connectivity index (χ1n) is 6.81. The van der Waals surface area contributed by atoms with Gasteiger partial charge >= 0.3 is 122 Å². The van der Waals surface area contributed by atoms with Crippen molar-refractivity contribution in [3.63, 3.8) is 0 Å². The van der Waals surface area contributed by atoms with Crippen LogP contribution in [-0.2, 0) is 12.7 Å². The molecule has 0 saturated heterocycles. The van der Waals surface area contributed by atoms with E-state index in [9.17, 15) is 0 Å². The van der Waals surface area contributed by atoms with E-state index in [1.807, 2.05) is 13.0 Å². The molecule has 3 aromatic rings. The Hall–Kier alpha value is -1.75. The van der Waals surface area contributed by atoms with Crippen molar-refractivity contribution in [2.24, 2.45) is 0 Å². The first-order valence-corrected chi connectivity index (χ1v) is 7.63. The molecule has 0 bridgehead atoms. The number of hydrogen-bond donors (Lipinski definition) is 1. The number of anilines is 1. The number of nitrogens with two attached hydrogens (primary N) is 1. The monoisotopic (exact) mass is 281 g/mol. The average Bonchev–Trinajstić information content (AvgIpc) is 2.85. The fourth-order valence-corrected chi connectivity index (χ4v) is 3.58. The van der Waals surface area contributed by atoms with Crippen molar-refractivity contribution in [3.8, 4) is 0 Å². The van der Waals surface area contributed by atoms with Crippen LogP contribution in [0.3, 0.4) is 0 Å². The third-order valence-electron chi connectivity index (χ3n) is 3.30. The van der Waals surface area contributed by atoms with Gasteiger partial charge in [0, 0.05) is 0 Å². The standard InChI is InChI=1S/C15H16BN3S/c1-3-4-12-19-13-14(20-12)10-7-9(8-16-2)5-6-11(10)18-15(13)17/h5-7H,2-4,8H2,1H3,(H2,17,18). The second-order valence-corrected chi connectivity index (χ2v) is 5.96. The van der Waals surface area contributed by atoms with Gasteiger partial charge in [-0.1, -0.05) is 0 Å². The Kier molecular flexibility index (Phi) is 3.53. The number of thiazole rings is 1. The Bertz CT molecular complexity index is 795. The molecule has 0 aliphatic rings. The number of hydrogen-bond acceptors (Lipinski definition) is 4. The first-order chi connectivity index (χ1) is 9.72. The van der Waals surface area contributed by atoms with Crippen molar-refractivity contribution in [1.82, 2.24) is 9.97 Å². The van der Waals surface area contributed by atoms with Crippen LogP contribution in [0.1, 0.15) is 23.9 Å². The van der Waals surface area contributed by atoms with Crippen LogP contribution in [-0.4, -0.2) is 23.4 Å². The fourth-order valence-electron chi connectivity index (χ4n) is 2.38. The molecule has 0 aliphatic heterocycles. The molecule has 100 valence electrons. The number of fused-ring (bicyclic) bond motifs is 3. The number of rotatable bonds is 4. The van der Waals surface area contributed by atoms with Gasteiger partial charge < -0.3 is 0 Å². The molecule has 1 aromatic carbocycles. The molecule has 0 amide bonds. The van der Waals surface area contributed by atoms with Crippen LogP contribution in [0.4, 0.5) is 5.82 Å². The molecule has 3 rings (SSSR count). The molecule has 2 heterocycles. The van der Waals surface area contributed by atoms with Gasteiger partial charge in [0.2, 0.25) is 0 Å². The molecule has 2 aromatic heterocycles. The summed E-state index contributed by atoms with van der Waals surface area (Å²) in [4.78, 5) is 9.11. The number of nitrogens with zero attached hydrogens (tertiary/aromatic N) is 2. The van der Waals surface area contributed by atoms with Crippen molar-refractivity contribution >= 4 is 51.7 Å². The summed E-state index contributed by atoms with van der Waals surface area (Å²) in [6, 6.07) is 6.29. The van der Waals surface area contributed by atoms with Crippen LogP contribution in [0.2, 0.25) is 0 Å². The van der Waals surface area contributed by atoms with E-state index in [2.05, 4.69) is 35.5 Å². The molecule has 5 heteroatoms. The molecule has 3 nitrogen and oxygen atoms in total. The van der Waals surface area contributed by atoms with E-state index in [1.165, 1.54) is 5.56 Å². The Morgan fingerprint density at radius 1 is 1.35 bits per heavy atom. The van der Waals surface area contributed by atoms with Gasteiger partial charge in [0.25, 0.3) is 0 Å². The van der Waals surface area contributed by atoms with Gasteiger partial charge in [-0.2, -0.15) is 0 Å². The topological polar surface area (TPSA) is 51.8 Å². The zero-order valence-corrected chi connectivity index (χ0v) is 12.3. The summed E-state index contributed by atoms with van der Waals surface area (Å²) in [7, 11) is 0. The predicted molar refractivity (Wildman–Crippen MR) is 89.9 cm³/mol. The zero-order valence-electron chi connectivity index (χ0n) is 11.5. The van der Waals surface area contributed by atoms with E-state index in [0.717, 1.165) is 45.3 Å². The summed E-state index contributed by atoms with van der Waals surface area (Å²) in [6.07, 6.45) is 2.95. The second kappa shape index (κ2) is 5.33. The van der Waals surface area contributed by atoms with E-state index < -0.39 is 0 Å². The van der Waals surface area contributed by atoms with E-state index in [0.29, 0.717) is 5.82 Å². The maximum absolute atomic E-state index is 6.05. The molecule has 2 N–H and O–H groups in total.